The second-order valence-corrected chi connectivity index (χ2v) is 4.05. The molecule has 0 spiro atoms. The van der Waals surface area contributed by atoms with Crippen LogP contribution in [-0.4, -0.2) is 19.6 Å². The number of hydrogen-bond donors (Lipinski definition) is 0. The Hall–Kier alpha value is -1.48. The lowest BCUT2D eigenvalue weighted by Crippen LogP contribution is -2.06. The van der Waals surface area contributed by atoms with Crippen molar-refractivity contribution in [3.8, 4) is 0 Å². The predicted molar refractivity (Wildman–Crippen MR) is 76.1 cm³/mol. The topological polar surface area (TPSA) is 37.1 Å². The van der Waals surface area contributed by atoms with Gasteiger partial charge < -0.3 is 0 Å². The molecule has 0 aromatic heterocycles. The van der Waals surface area contributed by atoms with E-state index < -0.39 is 0 Å². The van der Waals surface area contributed by atoms with Crippen molar-refractivity contribution in [3.05, 3.63) is 34.3 Å². The first-order chi connectivity index (χ1) is 8.13. The molecule has 90 valence electrons. The summed E-state index contributed by atoms with van der Waals surface area (Å²) in [5.74, 6) is 0.0819. The molecule has 0 aromatic carbocycles. The SMILES string of the molecule is C=NC1=C(Cl)C(/C=C(\C)N=C)CC=C1/N=C\C. The molecule has 0 heterocycles. The van der Waals surface area contributed by atoms with Crippen LogP contribution in [0.4, 0.5) is 0 Å². The van der Waals surface area contributed by atoms with Gasteiger partial charge in [-0.25, -0.2) is 0 Å². The minimum absolute atomic E-state index is 0.0819. The summed E-state index contributed by atoms with van der Waals surface area (Å²) in [6, 6.07) is 0. The van der Waals surface area contributed by atoms with Crippen LogP contribution in [-0.2, 0) is 0 Å². The third kappa shape index (κ3) is 3.24. The number of nitrogens with zero attached hydrogens (tertiary/aromatic N) is 3. The molecule has 0 bridgehead atoms. The Kier molecular flexibility index (Phi) is 5.04. The van der Waals surface area contributed by atoms with Gasteiger partial charge in [-0.2, -0.15) is 0 Å². The third-order valence-electron chi connectivity index (χ3n) is 2.48. The van der Waals surface area contributed by atoms with Gasteiger partial charge in [-0.1, -0.05) is 23.8 Å². The van der Waals surface area contributed by atoms with E-state index in [9.17, 15) is 0 Å². The lowest BCUT2D eigenvalue weighted by molar-refractivity contribution is 0.771. The van der Waals surface area contributed by atoms with Crippen molar-refractivity contribution in [1.82, 2.24) is 0 Å². The van der Waals surface area contributed by atoms with Gasteiger partial charge in [-0.15, -0.1) is 0 Å². The highest BCUT2D eigenvalue weighted by Gasteiger charge is 2.21. The van der Waals surface area contributed by atoms with Crippen LogP contribution in [0, 0.1) is 5.92 Å². The van der Waals surface area contributed by atoms with E-state index in [4.69, 9.17) is 11.6 Å². The van der Waals surface area contributed by atoms with E-state index in [2.05, 4.69) is 28.4 Å². The summed E-state index contributed by atoms with van der Waals surface area (Å²) in [5, 5.41) is 0.658. The molecule has 0 fully saturated rings. The quantitative estimate of drug-likeness (QED) is 0.681. The third-order valence-corrected chi connectivity index (χ3v) is 2.94. The van der Waals surface area contributed by atoms with Crippen molar-refractivity contribution in [2.45, 2.75) is 20.3 Å². The normalized spacial score (nSPS) is 21.7. The number of halogens is 1. The summed E-state index contributed by atoms with van der Waals surface area (Å²) < 4.78 is 0. The molecule has 1 unspecified atom stereocenters. The van der Waals surface area contributed by atoms with Crippen LogP contribution in [0.1, 0.15) is 20.3 Å². The second-order valence-electron chi connectivity index (χ2n) is 3.64. The fraction of sp³-hybridized carbons (Fsp3) is 0.308. The molecule has 0 saturated carbocycles. The monoisotopic (exact) mass is 249 g/mol. The summed E-state index contributed by atoms with van der Waals surface area (Å²) in [5.41, 5.74) is 2.28. The van der Waals surface area contributed by atoms with Crippen LogP contribution < -0.4 is 0 Å². The number of allylic oxidation sites excluding steroid dienone is 4. The first-order valence-corrected chi connectivity index (χ1v) is 5.72. The molecule has 1 atom stereocenters. The zero-order chi connectivity index (χ0) is 12.8. The van der Waals surface area contributed by atoms with Crippen LogP contribution in [0.5, 0.6) is 0 Å². The molecule has 3 nitrogen and oxygen atoms in total. The zero-order valence-electron chi connectivity index (χ0n) is 10.2. The van der Waals surface area contributed by atoms with Crippen LogP contribution in [0.3, 0.4) is 0 Å². The lowest BCUT2D eigenvalue weighted by Gasteiger charge is -2.19. The van der Waals surface area contributed by atoms with Gasteiger partial charge in [0.15, 0.2) is 0 Å². The maximum Gasteiger partial charge on any atom is 0.103 e. The van der Waals surface area contributed by atoms with Gasteiger partial charge >= 0.3 is 0 Å². The minimum atomic E-state index is 0.0819. The van der Waals surface area contributed by atoms with Gasteiger partial charge in [-0.05, 0) is 33.7 Å². The van der Waals surface area contributed by atoms with E-state index in [1.807, 2.05) is 26.0 Å². The summed E-state index contributed by atoms with van der Waals surface area (Å²) in [7, 11) is 0. The van der Waals surface area contributed by atoms with Crippen LogP contribution in [0.25, 0.3) is 0 Å². The number of hydrogen-bond acceptors (Lipinski definition) is 3. The highest BCUT2D eigenvalue weighted by molar-refractivity contribution is 6.30. The fourth-order valence-electron chi connectivity index (χ4n) is 1.63. The van der Waals surface area contributed by atoms with E-state index in [1.165, 1.54) is 0 Å². The van der Waals surface area contributed by atoms with Crippen LogP contribution >= 0.6 is 11.6 Å². The van der Waals surface area contributed by atoms with E-state index in [-0.39, 0.29) is 5.92 Å². The van der Waals surface area contributed by atoms with Crippen molar-refractivity contribution in [2.24, 2.45) is 20.9 Å². The number of aliphatic imine (C=N–C) groups is 3. The van der Waals surface area contributed by atoms with E-state index in [0.29, 0.717) is 10.7 Å². The maximum atomic E-state index is 6.30. The van der Waals surface area contributed by atoms with Crippen molar-refractivity contribution in [2.75, 3.05) is 0 Å². The summed E-state index contributed by atoms with van der Waals surface area (Å²) in [4.78, 5) is 12.0. The molecule has 0 saturated heterocycles. The molecule has 0 N–H and O–H groups in total. The Morgan fingerprint density at radius 2 is 2.24 bits per heavy atom. The minimum Gasteiger partial charge on any atom is -0.270 e. The first-order valence-electron chi connectivity index (χ1n) is 5.34. The Morgan fingerprint density at radius 3 is 2.76 bits per heavy atom. The van der Waals surface area contributed by atoms with Crippen molar-refractivity contribution in [3.63, 3.8) is 0 Å². The van der Waals surface area contributed by atoms with Gasteiger partial charge in [0, 0.05) is 17.8 Å². The summed E-state index contributed by atoms with van der Waals surface area (Å²) in [6.07, 6.45) is 6.49. The second kappa shape index (κ2) is 6.30. The summed E-state index contributed by atoms with van der Waals surface area (Å²) in [6.45, 7) is 10.8. The standard InChI is InChI=1S/C13H16ClN3/c1-5-17-11-7-6-10(8-9(2)15-3)12(14)13(11)16-4/h5,7-8,10H,3-4,6H2,1-2H3/b9-8+,17-5-. The van der Waals surface area contributed by atoms with Crippen molar-refractivity contribution >= 4 is 31.3 Å². The highest BCUT2D eigenvalue weighted by atomic mass is 35.5. The van der Waals surface area contributed by atoms with Gasteiger partial charge in [0.05, 0.1) is 10.7 Å². The molecule has 0 radical (unpaired) electrons. The smallest absolute Gasteiger partial charge is 0.103 e. The Morgan fingerprint density at radius 1 is 1.53 bits per heavy atom. The molecule has 0 aliphatic heterocycles. The van der Waals surface area contributed by atoms with Crippen molar-refractivity contribution in [1.29, 1.82) is 0 Å². The van der Waals surface area contributed by atoms with Gasteiger partial charge in [-0.3, -0.25) is 15.0 Å². The van der Waals surface area contributed by atoms with Gasteiger partial charge in [0.1, 0.15) is 5.70 Å². The molecule has 1 aliphatic rings. The molecule has 1 rings (SSSR count). The Labute approximate surface area is 107 Å². The van der Waals surface area contributed by atoms with E-state index in [0.717, 1.165) is 17.8 Å². The molecular weight excluding hydrogens is 234 g/mol. The van der Waals surface area contributed by atoms with Crippen LogP contribution in [0.15, 0.2) is 49.3 Å². The van der Waals surface area contributed by atoms with Gasteiger partial charge in [0.25, 0.3) is 0 Å². The Bertz CT molecular complexity index is 442. The van der Waals surface area contributed by atoms with Crippen LogP contribution in [0.2, 0.25) is 0 Å². The first kappa shape index (κ1) is 13.6. The maximum absolute atomic E-state index is 6.30. The zero-order valence-corrected chi connectivity index (χ0v) is 10.9. The molecule has 4 heteroatoms. The van der Waals surface area contributed by atoms with Gasteiger partial charge in [0.2, 0.25) is 0 Å². The molecule has 0 amide bonds. The molecular formula is C13H16ClN3. The average Bonchev–Trinajstić information content (AvgIpc) is 2.33. The predicted octanol–water partition coefficient (Wildman–Crippen LogP) is 3.74. The summed E-state index contributed by atoms with van der Waals surface area (Å²) >= 11 is 6.30. The molecule has 1 aliphatic carbocycles. The van der Waals surface area contributed by atoms with E-state index in [1.54, 1.807) is 6.21 Å². The largest absolute Gasteiger partial charge is 0.270 e. The molecule has 17 heavy (non-hydrogen) atoms. The van der Waals surface area contributed by atoms with E-state index >= 15 is 0 Å². The Balaban J connectivity index is 3.10. The highest BCUT2D eigenvalue weighted by Crippen LogP contribution is 2.35. The fourth-order valence-corrected chi connectivity index (χ4v) is 1.94. The molecule has 0 aromatic rings. The van der Waals surface area contributed by atoms with Crippen molar-refractivity contribution < 1.29 is 0 Å². The average molecular weight is 250 g/mol. The lowest BCUT2D eigenvalue weighted by atomic mass is 9.96. The number of rotatable bonds is 4.